The Balaban J connectivity index is 2.17. The molecule has 1 fully saturated rings. The predicted octanol–water partition coefficient (Wildman–Crippen LogP) is 3.34. The summed E-state index contributed by atoms with van der Waals surface area (Å²) in [6.45, 7) is 8.59. The van der Waals surface area contributed by atoms with E-state index in [9.17, 15) is 9.90 Å². The molecule has 0 aromatic heterocycles. The maximum atomic E-state index is 12.3. The van der Waals surface area contributed by atoms with Crippen molar-refractivity contribution in [2.75, 3.05) is 0 Å². The highest BCUT2D eigenvalue weighted by Gasteiger charge is 2.47. The van der Waals surface area contributed by atoms with Gasteiger partial charge in [0.1, 0.15) is 5.72 Å². The SMILES string of the molecule is CC1(C)CC(C)(C)CC(O)(NC(=O)c2ccccc2)C1. The summed E-state index contributed by atoms with van der Waals surface area (Å²) in [7, 11) is 0. The Hall–Kier alpha value is -1.35. The van der Waals surface area contributed by atoms with Crippen molar-refractivity contribution < 1.29 is 9.90 Å². The standard InChI is InChI=1S/C17H25NO2/c1-15(2)10-16(3,4)12-17(20,11-15)18-14(19)13-8-6-5-7-9-13/h5-9,20H,10-12H2,1-4H3,(H,18,19). The summed E-state index contributed by atoms with van der Waals surface area (Å²) < 4.78 is 0. The first-order chi connectivity index (χ1) is 9.11. The number of hydrogen-bond donors (Lipinski definition) is 2. The minimum atomic E-state index is -1.13. The van der Waals surface area contributed by atoms with Crippen LogP contribution in [0.4, 0.5) is 0 Å². The first kappa shape index (κ1) is 15.0. The Morgan fingerprint density at radius 2 is 1.50 bits per heavy atom. The second-order valence-electron chi connectivity index (χ2n) is 7.71. The van der Waals surface area contributed by atoms with Crippen LogP contribution in [0.15, 0.2) is 30.3 Å². The smallest absolute Gasteiger partial charge is 0.253 e. The van der Waals surface area contributed by atoms with E-state index in [1.54, 1.807) is 12.1 Å². The molecule has 2 N–H and O–H groups in total. The molecule has 20 heavy (non-hydrogen) atoms. The van der Waals surface area contributed by atoms with Crippen molar-refractivity contribution in [3.8, 4) is 0 Å². The molecule has 0 spiro atoms. The average molecular weight is 275 g/mol. The fraction of sp³-hybridized carbons (Fsp3) is 0.588. The van der Waals surface area contributed by atoms with Crippen molar-refractivity contribution in [1.82, 2.24) is 5.32 Å². The van der Waals surface area contributed by atoms with E-state index in [1.165, 1.54) is 0 Å². The number of benzene rings is 1. The van der Waals surface area contributed by atoms with Crippen LogP contribution in [0.1, 0.15) is 57.3 Å². The van der Waals surface area contributed by atoms with Crippen LogP contribution in [0, 0.1) is 10.8 Å². The van der Waals surface area contributed by atoms with E-state index in [0.29, 0.717) is 18.4 Å². The third kappa shape index (κ3) is 3.60. The molecule has 1 amide bonds. The van der Waals surface area contributed by atoms with Crippen LogP contribution in [0.25, 0.3) is 0 Å². The summed E-state index contributed by atoms with van der Waals surface area (Å²) in [6, 6.07) is 9.05. The zero-order chi connectivity index (χ0) is 15.0. The third-order valence-corrected chi connectivity index (χ3v) is 3.88. The summed E-state index contributed by atoms with van der Waals surface area (Å²) in [5, 5.41) is 13.7. The van der Waals surface area contributed by atoms with E-state index in [-0.39, 0.29) is 16.7 Å². The van der Waals surface area contributed by atoms with Gasteiger partial charge in [0, 0.05) is 18.4 Å². The van der Waals surface area contributed by atoms with Gasteiger partial charge in [0.2, 0.25) is 0 Å². The lowest BCUT2D eigenvalue weighted by Gasteiger charge is -2.49. The largest absolute Gasteiger partial charge is 0.371 e. The minimum Gasteiger partial charge on any atom is -0.371 e. The lowest BCUT2D eigenvalue weighted by molar-refractivity contribution is -0.100. The number of amides is 1. The molecule has 0 radical (unpaired) electrons. The Bertz CT molecular complexity index is 475. The summed E-state index contributed by atoms with van der Waals surface area (Å²) in [4.78, 5) is 12.3. The van der Waals surface area contributed by atoms with E-state index < -0.39 is 5.72 Å². The van der Waals surface area contributed by atoms with Gasteiger partial charge in [-0.15, -0.1) is 0 Å². The van der Waals surface area contributed by atoms with Gasteiger partial charge < -0.3 is 10.4 Å². The van der Waals surface area contributed by atoms with Crippen LogP contribution in [0.5, 0.6) is 0 Å². The van der Waals surface area contributed by atoms with Gasteiger partial charge in [0.25, 0.3) is 5.91 Å². The van der Waals surface area contributed by atoms with Gasteiger partial charge in [-0.3, -0.25) is 4.79 Å². The van der Waals surface area contributed by atoms with Crippen LogP contribution < -0.4 is 5.32 Å². The van der Waals surface area contributed by atoms with Crippen molar-refractivity contribution in [2.24, 2.45) is 10.8 Å². The molecule has 2 rings (SSSR count). The van der Waals surface area contributed by atoms with Crippen LogP contribution in [-0.4, -0.2) is 16.7 Å². The molecule has 1 aliphatic carbocycles. The topological polar surface area (TPSA) is 49.3 Å². The van der Waals surface area contributed by atoms with Crippen molar-refractivity contribution >= 4 is 5.91 Å². The quantitative estimate of drug-likeness (QED) is 0.813. The van der Waals surface area contributed by atoms with E-state index in [1.807, 2.05) is 18.2 Å². The molecule has 1 saturated carbocycles. The molecule has 1 aliphatic rings. The molecule has 0 saturated heterocycles. The van der Waals surface area contributed by atoms with Gasteiger partial charge in [-0.1, -0.05) is 45.9 Å². The lowest BCUT2D eigenvalue weighted by atomic mass is 9.62. The molecule has 0 atom stereocenters. The van der Waals surface area contributed by atoms with Crippen molar-refractivity contribution in [1.29, 1.82) is 0 Å². The first-order valence-electron chi connectivity index (χ1n) is 7.21. The number of carbonyl (C=O) groups is 1. The van der Waals surface area contributed by atoms with Crippen LogP contribution in [0.3, 0.4) is 0 Å². The van der Waals surface area contributed by atoms with Gasteiger partial charge in [0.15, 0.2) is 0 Å². The van der Waals surface area contributed by atoms with E-state index in [2.05, 4.69) is 33.0 Å². The zero-order valence-corrected chi connectivity index (χ0v) is 12.9. The fourth-order valence-corrected chi connectivity index (χ4v) is 4.03. The predicted molar refractivity (Wildman–Crippen MR) is 80.3 cm³/mol. The summed E-state index contributed by atoms with van der Waals surface area (Å²) in [6.07, 6.45) is 2.22. The number of aliphatic hydroxyl groups is 1. The minimum absolute atomic E-state index is 0.0144. The molecular formula is C17H25NO2. The number of nitrogens with one attached hydrogen (secondary N) is 1. The van der Waals surface area contributed by atoms with Gasteiger partial charge >= 0.3 is 0 Å². The second kappa shape index (κ2) is 4.88. The summed E-state index contributed by atoms with van der Waals surface area (Å²) in [5.74, 6) is -0.207. The Morgan fingerprint density at radius 1 is 1.00 bits per heavy atom. The highest BCUT2D eigenvalue weighted by molar-refractivity contribution is 5.94. The highest BCUT2D eigenvalue weighted by Crippen LogP contribution is 2.49. The zero-order valence-electron chi connectivity index (χ0n) is 12.9. The van der Waals surface area contributed by atoms with Gasteiger partial charge in [0.05, 0.1) is 0 Å². The third-order valence-electron chi connectivity index (χ3n) is 3.88. The van der Waals surface area contributed by atoms with E-state index >= 15 is 0 Å². The van der Waals surface area contributed by atoms with E-state index in [4.69, 9.17) is 0 Å². The molecule has 1 aromatic carbocycles. The molecular weight excluding hydrogens is 250 g/mol. The molecule has 3 nitrogen and oxygen atoms in total. The molecule has 0 heterocycles. The normalized spacial score (nSPS) is 23.1. The second-order valence-corrected chi connectivity index (χ2v) is 7.71. The highest BCUT2D eigenvalue weighted by atomic mass is 16.3. The number of carbonyl (C=O) groups excluding carboxylic acids is 1. The Labute approximate surface area is 121 Å². The average Bonchev–Trinajstić information content (AvgIpc) is 2.24. The fourth-order valence-electron chi connectivity index (χ4n) is 4.03. The lowest BCUT2D eigenvalue weighted by Crippen LogP contribution is -2.56. The van der Waals surface area contributed by atoms with Gasteiger partial charge in [-0.25, -0.2) is 0 Å². The molecule has 0 bridgehead atoms. The number of hydrogen-bond acceptors (Lipinski definition) is 2. The first-order valence-corrected chi connectivity index (χ1v) is 7.21. The summed E-state index contributed by atoms with van der Waals surface area (Å²) >= 11 is 0. The van der Waals surface area contributed by atoms with Gasteiger partial charge in [-0.05, 0) is 29.4 Å². The summed E-state index contributed by atoms with van der Waals surface area (Å²) in [5.41, 5.74) is -0.513. The van der Waals surface area contributed by atoms with Crippen molar-refractivity contribution in [3.05, 3.63) is 35.9 Å². The van der Waals surface area contributed by atoms with Crippen molar-refractivity contribution in [2.45, 2.75) is 52.7 Å². The van der Waals surface area contributed by atoms with Crippen LogP contribution >= 0.6 is 0 Å². The maximum absolute atomic E-state index is 12.3. The van der Waals surface area contributed by atoms with Crippen molar-refractivity contribution in [3.63, 3.8) is 0 Å². The number of rotatable bonds is 2. The molecule has 0 aliphatic heterocycles. The van der Waals surface area contributed by atoms with Gasteiger partial charge in [-0.2, -0.15) is 0 Å². The molecule has 3 heteroatoms. The Kier molecular flexibility index (Phi) is 3.67. The molecule has 0 unspecified atom stereocenters. The Morgan fingerprint density at radius 3 is 2.00 bits per heavy atom. The maximum Gasteiger partial charge on any atom is 0.253 e. The molecule has 1 aromatic rings. The van der Waals surface area contributed by atoms with E-state index in [0.717, 1.165) is 6.42 Å². The molecule has 110 valence electrons. The van der Waals surface area contributed by atoms with Crippen LogP contribution in [0.2, 0.25) is 0 Å². The monoisotopic (exact) mass is 275 g/mol. The van der Waals surface area contributed by atoms with Crippen LogP contribution in [-0.2, 0) is 0 Å².